The zero-order chi connectivity index (χ0) is 12.3. The molecule has 1 aromatic heterocycles. The van der Waals surface area contributed by atoms with Gasteiger partial charge in [-0.3, -0.25) is 0 Å². The molecule has 0 bridgehead atoms. The maximum absolute atomic E-state index is 5.93. The predicted molar refractivity (Wildman–Crippen MR) is 67.9 cm³/mol. The van der Waals surface area contributed by atoms with E-state index in [1.54, 1.807) is 10.9 Å². The summed E-state index contributed by atoms with van der Waals surface area (Å²) in [5.74, 6) is 0.555. The van der Waals surface area contributed by atoms with Crippen LogP contribution in [0.15, 0.2) is 6.20 Å². The van der Waals surface area contributed by atoms with Crippen LogP contribution in [0.4, 0.5) is 11.5 Å². The molecule has 0 amide bonds. The molecule has 0 fully saturated rings. The number of nitrogen functional groups attached to an aromatic ring is 2. The first-order valence-corrected chi connectivity index (χ1v) is 5.68. The number of aromatic nitrogens is 2. The van der Waals surface area contributed by atoms with Gasteiger partial charge in [-0.25, -0.2) is 4.68 Å². The van der Waals surface area contributed by atoms with E-state index in [-0.39, 0.29) is 11.6 Å². The van der Waals surface area contributed by atoms with E-state index in [1.165, 1.54) is 0 Å². The molecule has 0 saturated carbocycles. The van der Waals surface area contributed by atoms with Crippen LogP contribution < -0.4 is 17.2 Å². The van der Waals surface area contributed by atoms with Crippen LogP contribution in [0.25, 0.3) is 0 Å². The van der Waals surface area contributed by atoms with E-state index in [2.05, 4.69) is 12.0 Å². The fraction of sp³-hybridized carbons (Fsp3) is 0.727. The summed E-state index contributed by atoms with van der Waals surface area (Å²) in [6, 6.07) is 0.264. The highest BCUT2D eigenvalue weighted by atomic mass is 15.3. The number of rotatable bonds is 5. The maximum Gasteiger partial charge on any atom is 0.145 e. The summed E-state index contributed by atoms with van der Waals surface area (Å²) >= 11 is 0. The number of anilines is 2. The summed E-state index contributed by atoms with van der Waals surface area (Å²) < 4.78 is 1.78. The van der Waals surface area contributed by atoms with Crippen molar-refractivity contribution in [1.82, 2.24) is 9.78 Å². The van der Waals surface area contributed by atoms with Gasteiger partial charge in [-0.2, -0.15) is 5.10 Å². The van der Waals surface area contributed by atoms with Crippen LogP contribution in [0.2, 0.25) is 0 Å². The molecule has 5 nitrogen and oxygen atoms in total. The van der Waals surface area contributed by atoms with Crippen LogP contribution in [0.1, 0.15) is 46.1 Å². The average Bonchev–Trinajstić information content (AvgIpc) is 2.45. The minimum absolute atomic E-state index is 0.103. The summed E-state index contributed by atoms with van der Waals surface area (Å²) in [4.78, 5) is 0. The molecule has 5 heteroatoms. The third-order valence-corrected chi connectivity index (χ3v) is 2.72. The van der Waals surface area contributed by atoms with E-state index >= 15 is 0 Å². The van der Waals surface area contributed by atoms with Crippen molar-refractivity contribution in [3.63, 3.8) is 0 Å². The maximum atomic E-state index is 5.93. The number of hydrogen-bond acceptors (Lipinski definition) is 4. The van der Waals surface area contributed by atoms with E-state index in [1.807, 2.05) is 13.8 Å². The van der Waals surface area contributed by atoms with Crippen molar-refractivity contribution >= 4 is 11.5 Å². The Morgan fingerprint density at radius 1 is 1.44 bits per heavy atom. The smallest absolute Gasteiger partial charge is 0.145 e. The lowest BCUT2D eigenvalue weighted by molar-refractivity contribution is 0.395. The van der Waals surface area contributed by atoms with Gasteiger partial charge in [-0.15, -0.1) is 0 Å². The monoisotopic (exact) mass is 225 g/mol. The second-order valence-corrected chi connectivity index (χ2v) is 5.16. The Balaban J connectivity index is 2.47. The van der Waals surface area contributed by atoms with Gasteiger partial charge in [0.15, 0.2) is 0 Å². The Hall–Kier alpha value is -1.23. The van der Waals surface area contributed by atoms with Crippen LogP contribution >= 0.6 is 0 Å². The first-order chi connectivity index (χ1) is 7.31. The largest absolute Gasteiger partial charge is 0.394 e. The van der Waals surface area contributed by atoms with Crippen LogP contribution in [0.3, 0.4) is 0 Å². The lowest BCUT2D eigenvalue weighted by Crippen LogP contribution is -2.31. The van der Waals surface area contributed by atoms with Crippen molar-refractivity contribution in [2.24, 2.45) is 5.73 Å². The molecule has 1 heterocycles. The van der Waals surface area contributed by atoms with E-state index in [4.69, 9.17) is 17.2 Å². The molecule has 1 unspecified atom stereocenters. The predicted octanol–water partition coefficient (Wildman–Crippen LogP) is 1.52. The Labute approximate surface area is 97.0 Å². The molecule has 16 heavy (non-hydrogen) atoms. The minimum atomic E-state index is -0.103. The Bertz CT molecular complexity index is 337. The second-order valence-electron chi connectivity index (χ2n) is 5.16. The molecule has 6 N–H and O–H groups in total. The highest BCUT2D eigenvalue weighted by Crippen LogP contribution is 2.22. The topological polar surface area (TPSA) is 95.9 Å². The lowest BCUT2D eigenvalue weighted by Gasteiger charge is -2.20. The van der Waals surface area contributed by atoms with Crippen LogP contribution in [-0.2, 0) is 0 Å². The molecular weight excluding hydrogens is 202 g/mol. The summed E-state index contributed by atoms with van der Waals surface area (Å²) in [5, 5.41) is 4.17. The van der Waals surface area contributed by atoms with Gasteiger partial charge in [0.1, 0.15) is 5.82 Å². The Morgan fingerprint density at radius 3 is 2.50 bits per heavy atom. The number of nitrogens with zero attached hydrogens (tertiary/aromatic N) is 2. The van der Waals surface area contributed by atoms with Gasteiger partial charge in [-0.05, 0) is 40.0 Å². The van der Waals surface area contributed by atoms with E-state index < -0.39 is 0 Å². The van der Waals surface area contributed by atoms with E-state index in [0.717, 1.165) is 19.3 Å². The van der Waals surface area contributed by atoms with Gasteiger partial charge in [-0.1, -0.05) is 0 Å². The van der Waals surface area contributed by atoms with Gasteiger partial charge in [0.05, 0.1) is 17.9 Å². The summed E-state index contributed by atoms with van der Waals surface area (Å²) in [7, 11) is 0. The molecule has 0 radical (unpaired) electrons. The average molecular weight is 225 g/mol. The molecule has 1 rings (SSSR count). The molecule has 92 valence electrons. The third-order valence-electron chi connectivity index (χ3n) is 2.72. The SMILES string of the molecule is CC(CCCC(C)(C)N)n1ncc(N)c1N. The summed E-state index contributed by atoms with van der Waals surface area (Å²) in [5.41, 5.74) is 17.8. The molecule has 1 aromatic rings. The minimum Gasteiger partial charge on any atom is -0.394 e. The molecule has 0 aliphatic carbocycles. The van der Waals surface area contributed by atoms with Gasteiger partial charge in [0.2, 0.25) is 0 Å². The van der Waals surface area contributed by atoms with Crippen LogP contribution in [0.5, 0.6) is 0 Å². The number of hydrogen-bond donors (Lipinski definition) is 3. The standard InChI is InChI=1S/C11H23N5/c1-8(5-4-6-11(2,3)14)16-10(13)9(12)7-15-16/h7-8H,4-6,12-14H2,1-3H3. The van der Waals surface area contributed by atoms with Crippen molar-refractivity contribution in [2.75, 3.05) is 11.5 Å². The van der Waals surface area contributed by atoms with Gasteiger partial charge in [0, 0.05) is 5.54 Å². The van der Waals surface area contributed by atoms with Gasteiger partial charge in [0.25, 0.3) is 0 Å². The molecule has 0 spiro atoms. The summed E-state index contributed by atoms with van der Waals surface area (Å²) in [6.45, 7) is 6.17. The third kappa shape index (κ3) is 3.41. The molecule has 0 aliphatic rings. The first-order valence-electron chi connectivity index (χ1n) is 5.68. The van der Waals surface area contributed by atoms with Crippen molar-refractivity contribution in [2.45, 2.75) is 51.6 Å². The number of nitrogens with two attached hydrogens (primary N) is 3. The Kier molecular flexibility index (Phi) is 3.80. The lowest BCUT2D eigenvalue weighted by atomic mass is 9.97. The first kappa shape index (κ1) is 12.8. The van der Waals surface area contributed by atoms with Crippen molar-refractivity contribution in [3.8, 4) is 0 Å². The molecular formula is C11H23N5. The van der Waals surface area contributed by atoms with E-state index in [0.29, 0.717) is 11.5 Å². The van der Waals surface area contributed by atoms with Crippen LogP contribution in [0, 0.1) is 0 Å². The zero-order valence-electron chi connectivity index (χ0n) is 10.4. The molecule has 0 aliphatic heterocycles. The van der Waals surface area contributed by atoms with Crippen molar-refractivity contribution in [3.05, 3.63) is 6.20 Å². The molecule has 1 atom stereocenters. The quantitative estimate of drug-likeness (QED) is 0.707. The normalized spacial score (nSPS) is 14.0. The molecule has 0 saturated heterocycles. The van der Waals surface area contributed by atoms with Crippen LogP contribution in [-0.4, -0.2) is 15.3 Å². The fourth-order valence-corrected chi connectivity index (χ4v) is 1.71. The fourth-order valence-electron chi connectivity index (χ4n) is 1.71. The summed E-state index contributed by atoms with van der Waals surface area (Å²) in [6.07, 6.45) is 4.66. The van der Waals surface area contributed by atoms with Gasteiger partial charge >= 0.3 is 0 Å². The highest BCUT2D eigenvalue weighted by Gasteiger charge is 2.14. The van der Waals surface area contributed by atoms with Crippen molar-refractivity contribution in [1.29, 1.82) is 0 Å². The molecule has 0 aromatic carbocycles. The van der Waals surface area contributed by atoms with E-state index in [9.17, 15) is 0 Å². The second kappa shape index (κ2) is 4.74. The van der Waals surface area contributed by atoms with Gasteiger partial charge < -0.3 is 17.2 Å². The zero-order valence-corrected chi connectivity index (χ0v) is 10.4. The van der Waals surface area contributed by atoms with Crippen molar-refractivity contribution < 1.29 is 0 Å². The Morgan fingerprint density at radius 2 is 2.06 bits per heavy atom. The highest BCUT2D eigenvalue weighted by molar-refractivity contribution is 5.57.